The largest absolute Gasteiger partial charge is 1.00 e. The first kappa shape index (κ1) is 75.8. The third-order valence-electron chi connectivity index (χ3n) is 17.4. The number of nitrogens with zero attached hydrogens (tertiary/aromatic N) is 12. The number of ether oxygens (including phenoxy) is 2. The van der Waals surface area contributed by atoms with Crippen molar-refractivity contribution in [2.75, 3.05) is 139 Å². The molecule has 4 aliphatic rings. The molecule has 0 aliphatic carbocycles. The summed E-state index contributed by atoms with van der Waals surface area (Å²) in [7, 11) is 6.37. The van der Waals surface area contributed by atoms with E-state index in [0.29, 0.717) is 19.0 Å². The summed E-state index contributed by atoms with van der Waals surface area (Å²) < 4.78 is 36.4. The van der Waals surface area contributed by atoms with Crippen molar-refractivity contribution in [2.24, 2.45) is 0 Å². The second-order valence-corrected chi connectivity index (χ2v) is 26.2. The van der Waals surface area contributed by atoms with E-state index in [9.17, 15) is 13.7 Å². The van der Waals surface area contributed by atoms with Gasteiger partial charge in [-0.2, -0.15) is 0 Å². The maximum Gasteiger partial charge on any atom is 1.00 e. The molecule has 21 heteroatoms. The van der Waals surface area contributed by atoms with Crippen molar-refractivity contribution >= 4 is 66.8 Å². The van der Waals surface area contributed by atoms with Crippen LogP contribution in [0.2, 0.25) is 0 Å². The van der Waals surface area contributed by atoms with Gasteiger partial charge in [0.25, 0.3) is 0 Å². The van der Waals surface area contributed by atoms with Crippen molar-refractivity contribution in [3.63, 3.8) is 0 Å². The normalized spacial score (nSPS) is 16.1. The first-order chi connectivity index (χ1) is 45.7. The van der Waals surface area contributed by atoms with E-state index in [1.807, 2.05) is 109 Å². The Balaban J connectivity index is 0.000000156. The molecule has 1 N–H and O–H groups in total. The summed E-state index contributed by atoms with van der Waals surface area (Å²) >= 11 is 3.43. The molecule has 8 heterocycles. The van der Waals surface area contributed by atoms with E-state index >= 15 is 0 Å². The average Bonchev–Trinajstić information content (AvgIpc) is 1.42. The Labute approximate surface area is 616 Å². The van der Waals surface area contributed by atoms with E-state index in [1.54, 1.807) is 18.3 Å². The number of benzene rings is 6. The van der Waals surface area contributed by atoms with Crippen molar-refractivity contribution < 1.29 is 79.3 Å². The van der Waals surface area contributed by atoms with Gasteiger partial charge in [0, 0.05) is 182 Å². The van der Waals surface area contributed by atoms with E-state index in [2.05, 4.69) is 165 Å². The van der Waals surface area contributed by atoms with E-state index in [-0.39, 0.29) is 62.5 Å². The zero-order chi connectivity index (χ0) is 65.6. The molecule has 0 amide bonds. The van der Waals surface area contributed by atoms with Crippen LogP contribution in [0.15, 0.2) is 187 Å². The minimum Gasteiger partial charge on any atom is -1.00 e. The average molecular weight is 1390 g/mol. The van der Waals surface area contributed by atoms with Crippen LogP contribution >= 0.6 is 15.9 Å². The molecule has 15 nitrogen and oxygen atoms in total. The summed E-state index contributed by atoms with van der Waals surface area (Å²) in [4.78, 5) is 36.5. The number of piperazine rings is 4. The zero-order valence-corrected chi connectivity index (χ0v) is 61.3. The smallest absolute Gasteiger partial charge is 1.00 e. The first-order valence-electron chi connectivity index (χ1n) is 32.8. The molecular weight excluding hydrogens is 1300 g/mol. The minimum atomic E-state index is -2.18. The summed E-state index contributed by atoms with van der Waals surface area (Å²) in [5.41, 5.74) is 11.4. The van der Waals surface area contributed by atoms with Crippen LogP contribution < -0.4 is 65.6 Å². The Morgan fingerprint density at radius 1 is 0.406 bits per heavy atom. The van der Waals surface area contributed by atoms with Gasteiger partial charge in [0.2, 0.25) is 0 Å². The summed E-state index contributed by atoms with van der Waals surface area (Å²) in [6, 6.07) is 52.9. The molecule has 0 saturated carbocycles. The fraction of sp³-hybridized carbons (Fsp3) is 0.360. The van der Waals surface area contributed by atoms with Gasteiger partial charge in [0.05, 0.1) is 22.1 Å². The van der Waals surface area contributed by atoms with E-state index in [4.69, 9.17) is 9.47 Å². The topological polar surface area (TPSA) is 116 Å². The molecule has 4 aromatic heterocycles. The third kappa shape index (κ3) is 24.8. The monoisotopic (exact) mass is 1390 g/mol. The van der Waals surface area contributed by atoms with Gasteiger partial charge >= 0.3 is 58.7 Å². The molecule has 96 heavy (non-hydrogen) atoms. The van der Waals surface area contributed by atoms with Gasteiger partial charge in [-0.1, -0.05) is 72.3 Å². The second kappa shape index (κ2) is 39.0. The van der Waals surface area contributed by atoms with E-state index in [0.717, 1.165) is 171 Å². The molecule has 0 radical (unpaired) electrons. The Hall–Kier alpha value is -5.99. The van der Waals surface area contributed by atoms with Gasteiger partial charge in [-0.25, -0.2) is 0 Å². The van der Waals surface area contributed by atoms with E-state index in [1.165, 1.54) is 46.3 Å². The summed E-state index contributed by atoms with van der Waals surface area (Å²) in [6.45, 7) is 23.2. The summed E-state index contributed by atoms with van der Waals surface area (Å²) in [5, 5.41) is 14.0. The molecule has 0 atom stereocenters. The SMILES string of the molecule is Brc1cnc2ccc(OCc3ccccc3)cc2c1.CN1CCN(CB(F)F)CC1.CN1CCN(Cc2cnc3ccc(O)cc3c2)CC1.CN1CCN(Cc2cnc3ccc(OCc4ccccc4)cc3c2)CC1.Cc1ccc2ncc(CN3CCN(C)CC3)cc2c1.[F-].[K+]. The molecule has 500 valence electrons. The number of hydrogen-bond donors (Lipinski definition) is 1. The van der Waals surface area contributed by atoms with Crippen LogP contribution in [-0.2, 0) is 32.8 Å². The maximum atomic E-state index is 11.9. The molecule has 4 fully saturated rings. The minimum absolute atomic E-state index is 0. The van der Waals surface area contributed by atoms with Crippen molar-refractivity contribution in [3.05, 3.63) is 220 Å². The number of likely N-dealkylation sites (N-methyl/N-ethyl adjacent to an activating group) is 4. The van der Waals surface area contributed by atoms with Gasteiger partial charge in [0.15, 0.2) is 0 Å². The van der Waals surface area contributed by atoms with Crippen LogP contribution in [0.1, 0.15) is 33.4 Å². The zero-order valence-electron chi connectivity index (χ0n) is 56.6. The van der Waals surface area contributed by atoms with Gasteiger partial charge in [-0.15, -0.1) is 0 Å². The molecule has 6 aromatic carbocycles. The molecule has 4 saturated heterocycles. The third-order valence-corrected chi connectivity index (χ3v) is 17.9. The predicted octanol–water partition coefficient (Wildman–Crippen LogP) is 6.32. The van der Waals surface area contributed by atoms with Crippen molar-refractivity contribution in [1.29, 1.82) is 0 Å². The Bertz CT molecular complexity index is 3860. The molecule has 10 aromatic rings. The molecular formula is C75H90BBrF3KN12O3. The summed E-state index contributed by atoms with van der Waals surface area (Å²) in [5.74, 6) is 2.04. The quantitative estimate of drug-likeness (QED) is 0.122. The molecule has 14 rings (SSSR count). The number of pyridine rings is 4. The maximum absolute atomic E-state index is 11.9. The number of fused-ring (bicyclic) bond motifs is 4. The van der Waals surface area contributed by atoms with Gasteiger partial charge < -0.3 is 43.8 Å². The number of aromatic hydroxyl groups is 1. The van der Waals surface area contributed by atoms with Gasteiger partial charge in [0.1, 0.15) is 30.5 Å². The van der Waals surface area contributed by atoms with Crippen molar-refractivity contribution in [3.8, 4) is 17.2 Å². The van der Waals surface area contributed by atoms with Gasteiger partial charge in [-0.05, 0) is 170 Å². The van der Waals surface area contributed by atoms with Crippen LogP contribution in [-0.4, -0.2) is 211 Å². The number of phenolic OH excluding ortho intramolecular Hbond substituents is 1. The summed E-state index contributed by atoms with van der Waals surface area (Å²) in [6.07, 6.45) is 7.71. The van der Waals surface area contributed by atoms with E-state index < -0.39 is 7.27 Å². The second-order valence-electron chi connectivity index (χ2n) is 25.2. The predicted molar refractivity (Wildman–Crippen MR) is 383 cm³/mol. The molecule has 4 aliphatic heterocycles. The van der Waals surface area contributed by atoms with Crippen molar-refractivity contribution in [2.45, 2.75) is 39.8 Å². The molecule has 0 spiro atoms. The van der Waals surface area contributed by atoms with Crippen molar-refractivity contribution in [1.82, 2.24) is 59.1 Å². The first-order valence-corrected chi connectivity index (χ1v) is 33.6. The standard InChI is InChI=1S/C22H25N3O.C16H12BrNO.C16H21N3.C15H19N3O.C6H13BF2N2.FH.K/c1-24-9-11-25(12-10-24)16-19-13-20-14-21(7-8-22(20)23-15-19)26-17-18-5-3-2-4-6-18;17-14-8-13-9-15(6-7-16(13)18-10-14)19-11-12-4-2-1-3-5-12;1-13-3-4-16-15(9-13)10-14(11-17-16)12-19-7-5-18(2)6-8-19;1-17-4-6-18(7-5-17)11-12-8-13-9-14(19)2-3-15(13)16-10-12;1-10-2-4-11(5-3-10)6-7(8)9;;/h2-8,13-15H,9-12,16-17H2,1H3;1-10H,11H2;3-4,9-11H,5-8,12H2,1-2H3;2-3,8-10,19H,4-7,11H2,1H3;2-6H2,1H3;1H;/q;;;;;;+1/p-1. The van der Waals surface area contributed by atoms with Crippen LogP contribution in [0, 0.1) is 6.92 Å². The fourth-order valence-corrected chi connectivity index (χ4v) is 12.0. The fourth-order valence-electron chi connectivity index (χ4n) is 11.6. The molecule has 0 bridgehead atoms. The Morgan fingerprint density at radius 3 is 1.16 bits per heavy atom. The van der Waals surface area contributed by atoms with Gasteiger partial charge in [-0.3, -0.25) is 43.3 Å². The number of hydrogen-bond acceptors (Lipinski definition) is 15. The number of halogens is 4. The van der Waals surface area contributed by atoms with Crippen LogP contribution in [0.4, 0.5) is 8.63 Å². The number of phenols is 1. The van der Waals surface area contributed by atoms with Crippen LogP contribution in [0.5, 0.6) is 17.2 Å². The Morgan fingerprint density at radius 2 is 0.750 bits per heavy atom. The number of aryl methyl sites for hydroxylation is 1. The molecule has 0 unspecified atom stereocenters. The number of rotatable bonds is 14. The number of aromatic nitrogens is 4. The van der Waals surface area contributed by atoms with Crippen LogP contribution in [0.3, 0.4) is 0 Å². The Kier molecular flexibility index (Phi) is 30.8. The van der Waals surface area contributed by atoms with Crippen LogP contribution in [0.25, 0.3) is 43.6 Å².